The van der Waals surface area contributed by atoms with Crippen molar-refractivity contribution in [3.05, 3.63) is 33.9 Å². The largest absolute Gasteiger partial charge is 0.295 e. The summed E-state index contributed by atoms with van der Waals surface area (Å²) in [4.78, 5) is 7.75. The SMILES string of the molecule is O=[N+]([O-])c1cc(F)cc(F)c1S(=O)(=O)Cl. The predicted octanol–water partition coefficient (Wildman–Crippen LogP) is 1.80. The number of nitro benzene ring substituents is 1. The standard InChI is InChI=1S/C6H2ClF2NO4S/c7-15(13,14)6-4(9)1-3(8)2-5(6)10(11)12/h1-2H. The molecule has 0 N–H and O–H groups in total. The molecule has 1 rings (SSSR count). The van der Waals surface area contributed by atoms with Crippen molar-refractivity contribution in [2.24, 2.45) is 0 Å². The number of benzene rings is 1. The minimum absolute atomic E-state index is 0.197. The Morgan fingerprint density at radius 3 is 2.27 bits per heavy atom. The molecule has 0 aliphatic heterocycles. The molecule has 5 nitrogen and oxygen atoms in total. The molecular weight excluding hydrogens is 256 g/mol. The van der Waals surface area contributed by atoms with Crippen LogP contribution in [0.2, 0.25) is 0 Å². The van der Waals surface area contributed by atoms with Gasteiger partial charge in [-0.25, -0.2) is 17.2 Å². The fourth-order valence-electron chi connectivity index (χ4n) is 0.924. The molecule has 0 aliphatic carbocycles. The van der Waals surface area contributed by atoms with Crippen molar-refractivity contribution in [1.82, 2.24) is 0 Å². The number of nitrogens with zero attached hydrogens (tertiary/aromatic N) is 1. The number of nitro groups is 1. The Balaban J connectivity index is 3.70. The van der Waals surface area contributed by atoms with Crippen LogP contribution in [0.3, 0.4) is 0 Å². The Kier molecular flexibility index (Phi) is 2.91. The molecule has 0 heterocycles. The molecule has 9 heteroatoms. The van der Waals surface area contributed by atoms with Crippen molar-refractivity contribution >= 4 is 25.4 Å². The molecule has 0 bridgehead atoms. The summed E-state index contributed by atoms with van der Waals surface area (Å²) < 4.78 is 47.1. The lowest BCUT2D eigenvalue weighted by Crippen LogP contribution is -2.03. The Hall–Kier alpha value is -1.28. The van der Waals surface area contributed by atoms with Gasteiger partial charge in [0.2, 0.25) is 0 Å². The van der Waals surface area contributed by atoms with Gasteiger partial charge >= 0.3 is 0 Å². The first-order valence-corrected chi connectivity index (χ1v) is 5.62. The summed E-state index contributed by atoms with van der Waals surface area (Å²) in [6.45, 7) is 0. The van der Waals surface area contributed by atoms with Crippen molar-refractivity contribution in [1.29, 1.82) is 0 Å². The molecule has 15 heavy (non-hydrogen) atoms. The van der Waals surface area contributed by atoms with E-state index in [0.29, 0.717) is 0 Å². The monoisotopic (exact) mass is 257 g/mol. The smallest absolute Gasteiger partial charge is 0.258 e. The van der Waals surface area contributed by atoms with Gasteiger partial charge in [0.15, 0.2) is 10.7 Å². The van der Waals surface area contributed by atoms with Gasteiger partial charge in [0, 0.05) is 16.7 Å². The maximum absolute atomic E-state index is 13.0. The first-order valence-electron chi connectivity index (χ1n) is 3.31. The quantitative estimate of drug-likeness (QED) is 0.460. The van der Waals surface area contributed by atoms with Crippen LogP contribution >= 0.6 is 10.7 Å². The molecule has 0 radical (unpaired) electrons. The van der Waals surface area contributed by atoms with Crippen molar-refractivity contribution in [3.8, 4) is 0 Å². The van der Waals surface area contributed by atoms with E-state index in [1.54, 1.807) is 0 Å². The molecule has 82 valence electrons. The zero-order valence-electron chi connectivity index (χ0n) is 6.78. The Labute approximate surface area is 86.8 Å². The second-order valence-electron chi connectivity index (χ2n) is 2.43. The lowest BCUT2D eigenvalue weighted by atomic mass is 10.3. The van der Waals surface area contributed by atoms with Crippen LogP contribution in [0.4, 0.5) is 14.5 Å². The molecule has 0 fully saturated rings. The molecule has 0 amide bonds. The molecule has 0 aliphatic rings. The van der Waals surface area contributed by atoms with Gasteiger partial charge in [-0.1, -0.05) is 0 Å². The minimum atomic E-state index is -4.64. The lowest BCUT2D eigenvalue weighted by molar-refractivity contribution is -0.388. The molecule has 0 aromatic heterocycles. The molecule has 0 saturated heterocycles. The van der Waals surface area contributed by atoms with E-state index >= 15 is 0 Å². The second-order valence-corrected chi connectivity index (χ2v) is 4.93. The van der Waals surface area contributed by atoms with Gasteiger partial charge in [-0.3, -0.25) is 10.1 Å². The van der Waals surface area contributed by atoms with Crippen LogP contribution in [0.5, 0.6) is 0 Å². The first-order chi connectivity index (χ1) is 6.73. The summed E-state index contributed by atoms with van der Waals surface area (Å²) in [5, 5.41) is 10.3. The predicted molar refractivity (Wildman–Crippen MR) is 46.1 cm³/mol. The second kappa shape index (κ2) is 3.70. The van der Waals surface area contributed by atoms with E-state index in [1.807, 2.05) is 0 Å². The Morgan fingerprint density at radius 2 is 1.87 bits per heavy atom. The van der Waals surface area contributed by atoms with Crippen molar-refractivity contribution in [3.63, 3.8) is 0 Å². The highest BCUT2D eigenvalue weighted by molar-refractivity contribution is 8.13. The number of rotatable bonds is 2. The molecule has 0 spiro atoms. The van der Waals surface area contributed by atoms with E-state index < -0.39 is 36.2 Å². The number of halogens is 3. The van der Waals surface area contributed by atoms with Crippen molar-refractivity contribution < 1.29 is 22.1 Å². The average Bonchev–Trinajstić information content (AvgIpc) is 1.99. The third kappa shape index (κ3) is 2.39. The van der Waals surface area contributed by atoms with E-state index in [-0.39, 0.29) is 12.1 Å². The zero-order chi connectivity index (χ0) is 11.8. The van der Waals surface area contributed by atoms with Crippen molar-refractivity contribution in [2.45, 2.75) is 4.90 Å². The minimum Gasteiger partial charge on any atom is -0.258 e. The summed E-state index contributed by atoms with van der Waals surface area (Å²) in [5.74, 6) is -2.86. The molecule has 0 unspecified atom stereocenters. The highest BCUT2D eigenvalue weighted by Crippen LogP contribution is 2.30. The topological polar surface area (TPSA) is 77.3 Å². The summed E-state index contributed by atoms with van der Waals surface area (Å²) in [6.07, 6.45) is 0. The molecule has 0 atom stereocenters. The average molecular weight is 258 g/mol. The molecule has 1 aromatic rings. The van der Waals surface area contributed by atoms with Crippen LogP contribution in [-0.2, 0) is 9.05 Å². The Bertz CT molecular complexity index is 530. The van der Waals surface area contributed by atoms with Gasteiger partial charge in [-0.05, 0) is 0 Å². The Morgan fingerprint density at radius 1 is 1.33 bits per heavy atom. The van der Waals surface area contributed by atoms with E-state index in [1.165, 1.54) is 0 Å². The zero-order valence-corrected chi connectivity index (χ0v) is 8.35. The summed E-state index contributed by atoms with van der Waals surface area (Å²) in [5.41, 5.74) is -1.23. The third-order valence-electron chi connectivity index (χ3n) is 1.43. The molecule has 1 aromatic carbocycles. The van der Waals surface area contributed by atoms with Crippen LogP contribution < -0.4 is 0 Å². The van der Waals surface area contributed by atoms with Crippen LogP contribution in [0.25, 0.3) is 0 Å². The summed E-state index contributed by atoms with van der Waals surface area (Å²) >= 11 is 0. The number of hydrogen-bond acceptors (Lipinski definition) is 4. The highest BCUT2D eigenvalue weighted by Gasteiger charge is 2.29. The maximum Gasteiger partial charge on any atom is 0.295 e. The summed E-state index contributed by atoms with van der Waals surface area (Å²) in [7, 11) is 0.134. The van der Waals surface area contributed by atoms with Gasteiger partial charge in [0.1, 0.15) is 5.82 Å². The summed E-state index contributed by atoms with van der Waals surface area (Å²) in [6, 6.07) is 0.473. The van der Waals surface area contributed by atoms with E-state index in [4.69, 9.17) is 10.7 Å². The van der Waals surface area contributed by atoms with Gasteiger partial charge < -0.3 is 0 Å². The highest BCUT2D eigenvalue weighted by atomic mass is 35.7. The number of hydrogen-bond donors (Lipinski definition) is 0. The van der Waals surface area contributed by atoms with Crippen LogP contribution in [0, 0.1) is 21.7 Å². The maximum atomic E-state index is 13.0. The normalized spacial score (nSPS) is 11.4. The van der Waals surface area contributed by atoms with E-state index in [9.17, 15) is 27.3 Å². The molecule has 0 saturated carbocycles. The fourth-order valence-corrected chi connectivity index (χ4v) is 2.06. The van der Waals surface area contributed by atoms with Gasteiger partial charge in [0.05, 0.1) is 11.0 Å². The van der Waals surface area contributed by atoms with Crippen LogP contribution in [0.1, 0.15) is 0 Å². The van der Waals surface area contributed by atoms with Gasteiger partial charge in [-0.15, -0.1) is 0 Å². The van der Waals surface area contributed by atoms with E-state index in [0.717, 1.165) is 0 Å². The first kappa shape index (κ1) is 11.8. The van der Waals surface area contributed by atoms with Crippen molar-refractivity contribution in [2.75, 3.05) is 0 Å². The van der Waals surface area contributed by atoms with Crippen LogP contribution in [-0.4, -0.2) is 13.3 Å². The fraction of sp³-hybridized carbons (Fsp3) is 0. The van der Waals surface area contributed by atoms with E-state index in [2.05, 4.69) is 0 Å². The lowest BCUT2D eigenvalue weighted by Gasteiger charge is -2.00. The molecular formula is C6H2ClF2NO4S. The third-order valence-corrected chi connectivity index (χ3v) is 2.78. The van der Waals surface area contributed by atoms with Gasteiger partial charge in [-0.2, -0.15) is 0 Å². The van der Waals surface area contributed by atoms with Gasteiger partial charge in [0.25, 0.3) is 14.7 Å². The van der Waals surface area contributed by atoms with Crippen LogP contribution in [0.15, 0.2) is 17.0 Å².